The number of fused-ring (bicyclic) bond motifs is 1. The molecule has 1 unspecified atom stereocenters. The van der Waals surface area contributed by atoms with Crippen molar-refractivity contribution in [2.45, 2.75) is 12.3 Å². The zero-order valence-corrected chi connectivity index (χ0v) is 11.7. The number of anilines is 1. The minimum atomic E-state index is -4.54. The fourth-order valence-electron chi connectivity index (χ4n) is 1.80. The van der Waals surface area contributed by atoms with Crippen LogP contribution in [0.1, 0.15) is 5.69 Å². The number of alkyl halides is 3. The summed E-state index contributed by atoms with van der Waals surface area (Å²) in [4.78, 5) is 15.3. The second kappa shape index (κ2) is 5.48. The van der Waals surface area contributed by atoms with E-state index in [0.29, 0.717) is 22.8 Å². The van der Waals surface area contributed by atoms with Gasteiger partial charge in [0.2, 0.25) is 6.10 Å². The average Bonchev–Trinajstić information content (AvgIpc) is 2.95. The third kappa shape index (κ3) is 2.98. The van der Waals surface area contributed by atoms with E-state index >= 15 is 0 Å². The first-order valence-electron chi connectivity index (χ1n) is 6.15. The highest BCUT2D eigenvalue weighted by Gasteiger charge is 2.34. The zero-order chi connectivity index (χ0) is 15.7. The maximum atomic E-state index is 12.4. The Balaban J connectivity index is 1.67. The number of para-hydroxylation sites is 2. The van der Waals surface area contributed by atoms with E-state index in [1.54, 1.807) is 24.3 Å². The van der Waals surface area contributed by atoms with Gasteiger partial charge in [0, 0.05) is 5.38 Å². The molecule has 1 atom stereocenters. The Morgan fingerprint density at radius 3 is 2.73 bits per heavy atom. The summed E-state index contributed by atoms with van der Waals surface area (Å²) in [6.45, 7) is -0.0274. The molecule has 22 heavy (non-hydrogen) atoms. The van der Waals surface area contributed by atoms with Crippen molar-refractivity contribution in [2.75, 3.05) is 11.9 Å². The second-order valence-electron chi connectivity index (χ2n) is 4.39. The molecular formula is C13H9F3N2O3S. The van der Waals surface area contributed by atoms with Crippen molar-refractivity contribution in [1.82, 2.24) is 4.98 Å². The molecule has 116 valence electrons. The number of ether oxygens (including phenoxy) is 2. The minimum absolute atomic E-state index is 0.0274. The van der Waals surface area contributed by atoms with Crippen molar-refractivity contribution >= 4 is 22.4 Å². The van der Waals surface area contributed by atoms with E-state index in [-0.39, 0.29) is 11.7 Å². The molecule has 1 aromatic heterocycles. The number of hydrogen-bond acceptors (Lipinski definition) is 5. The first-order valence-corrected chi connectivity index (χ1v) is 7.03. The number of nitrogens with zero attached hydrogens (tertiary/aromatic N) is 1. The summed E-state index contributed by atoms with van der Waals surface area (Å²) in [7, 11) is 0. The molecule has 0 aliphatic carbocycles. The highest BCUT2D eigenvalue weighted by atomic mass is 32.1. The van der Waals surface area contributed by atoms with Crippen LogP contribution >= 0.6 is 11.3 Å². The first kappa shape index (κ1) is 14.6. The lowest BCUT2D eigenvalue weighted by atomic mass is 10.2. The third-order valence-corrected chi connectivity index (χ3v) is 3.58. The van der Waals surface area contributed by atoms with Crippen LogP contribution in [0, 0.1) is 0 Å². The molecule has 0 spiro atoms. The smallest absolute Gasteiger partial charge is 0.434 e. The van der Waals surface area contributed by atoms with Gasteiger partial charge < -0.3 is 9.47 Å². The van der Waals surface area contributed by atoms with Crippen LogP contribution in [0.5, 0.6) is 11.5 Å². The molecule has 1 aliphatic rings. The van der Waals surface area contributed by atoms with E-state index in [1.807, 2.05) is 0 Å². The maximum Gasteiger partial charge on any atom is 0.434 e. The first-order chi connectivity index (χ1) is 10.4. The lowest BCUT2D eigenvalue weighted by Gasteiger charge is -2.25. The number of rotatable bonds is 2. The zero-order valence-electron chi connectivity index (χ0n) is 10.9. The predicted molar refractivity (Wildman–Crippen MR) is 72.1 cm³/mol. The van der Waals surface area contributed by atoms with Gasteiger partial charge in [0.15, 0.2) is 22.3 Å². The monoisotopic (exact) mass is 330 g/mol. The molecule has 0 radical (unpaired) electrons. The van der Waals surface area contributed by atoms with Crippen LogP contribution in [0.15, 0.2) is 29.6 Å². The number of thiazole rings is 1. The molecule has 1 N–H and O–H groups in total. The van der Waals surface area contributed by atoms with Crippen molar-refractivity contribution in [3.05, 3.63) is 35.3 Å². The molecule has 3 rings (SSSR count). The summed E-state index contributed by atoms with van der Waals surface area (Å²) in [5, 5.41) is 3.00. The van der Waals surface area contributed by atoms with Crippen molar-refractivity contribution in [3.63, 3.8) is 0 Å². The van der Waals surface area contributed by atoms with Gasteiger partial charge in [-0.3, -0.25) is 10.1 Å². The van der Waals surface area contributed by atoms with Gasteiger partial charge in [-0.25, -0.2) is 4.98 Å². The Morgan fingerprint density at radius 1 is 1.32 bits per heavy atom. The van der Waals surface area contributed by atoms with Crippen LogP contribution in [0.4, 0.5) is 18.3 Å². The minimum Gasteiger partial charge on any atom is -0.485 e. The highest BCUT2D eigenvalue weighted by molar-refractivity contribution is 7.13. The topological polar surface area (TPSA) is 60.5 Å². The summed E-state index contributed by atoms with van der Waals surface area (Å²) in [5.74, 6) is 0.307. The Kier molecular flexibility index (Phi) is 3.65. The highest BCUT2D eigenvalue weighted by Crippen LogP contribution is 2.33. The number of hydrogen-bond donors (Lipinski definition) is 1. The lowest BCUT2D eigenvalue weighted by molar-refractivity contribution is -0.140. The summed E-state index contributed by atoms with van der Waals surface area (Å²) in [6.07, 6.45) is -5.49. The normalized spacial score (nSPS) is 17.1. The summed E-state index contributed by atoms with van der Waals surface area (Å²) in [5.41, 5.74) is -1.04. The van der Waals surface area contributed by atoms with Gasteiger partial charge in [0.25, 0.3) is 5.91 Å². The maximum absolute atomic E-state index is 12.4. The van der Waals surface area contributed by atoms with Crippen molar-refractivity contribution in [2.24, 2.45) is 0 Å². The molecule has 2 aromatic rings. The molecule has 9 heteroatoms. The van der Waals surface area contributed by atoms with E-state index in [9.17, 15) is 18.0 Å². The second-order valence-corrected chi connectivity index (χ2v) is 5.25. The van der Waals surface area contributed by atoms with Gasteiger partial charge in [-0.2, -0.15) is 13.2 Å². The summed E-state index contributed by atoms with van der Waals surface area (Å²) >= 11 is 0.695. The van der Waals surface area contributed by atoms with Gasteiger partial charge in [-0.1, -0.05) is 12.1 Å². The molecule has 1 aromatic carbocycles. The largest absolute Gasteiger partial charge is 0.485 e. The van der Waals surface area contributed by atoms with Crippen LogP contribution in [0.2, 0.25) is 0 Å². The van der Waals surface area contributed by atoms with Crippen molar-refractivity contribution in [1.29, 1.82) is 0 Å². The fraction of sp³-hybridized carbons (Fsp3) is 0.231. The lowest BCUT2D eigenvalue weighted by Crippen LogP contribution is -2.40. The third-order valence-electron chi connectivity index (χ3n) is 2.83. The number of amides is 1. The Morgan fingerprint density at radius 2 is 2.05 bits per heavy atom. The molecule has 0 saturated heterocycles. The van der Waals surface area contributed by atoms with Gasteiger partial charge in [-0.05, 0) is 12.1 Å². The van der Waals surface area contributed by atoms with Crippen LogP contribution < -0.4 is 14.8 Å². The fourth-order valence-corrected chi connectivity index (χ4v) is 2.52. The standard InChI is InChI=1S/C13H9F3N2O3S/c14-13(15,16)10-6-22-12(17-10)18-11(19)9-5-20-7-3-1-2-4-8(7)21-9/h1-4,6,9H,5H2,(H,17,18,19). The number of nitrogens with one attached hydrogen (secondary N) is 1. The Hall–Kier alpha value is -2.29. The predicted octanol–water partition coefficient (Wildman–Crippen LogP) is 2.94. The SMILES string of the molecule is O=C(Nc1nc(C(F)(F)F)cs1)C1COc2ccccc2O1. The van der Waals surface area contributed by atoms with Gasteiger partial charge in [0.05, 0.1) is 0 Å². The molecule has 2 heterocycles. The van der Waals surface area contributed by atoms with Crippen LogP contribution in [0.25, 0.3) is 0 Å². The molecule has 1 aliphatic heterocycles. The molecule has 0 fully saturated rings. The van der Waals surface area contributed by atoms with Gasteiger partial charge in [-0.15, -0.1) is 11.3 Å². The van der Waals surface area contributed by atoms with E-state index in [2.05, 4.69) is 10.3 Å². The van der Waals surface area contributed by atoms with Crippen molar-refractivity contribution in [3.8, 4) is 11.5 Å². The van der Waals surface area contributed by atoms with Gasteiger partial charge in [0.1, 0.15) is 6.61 Å². The van der Waals surface area contributed by atoms with E-state index in [0.717, 1.165) is 5.38 Å². The number of carbonyl (C=O) groups is 1. The van der Waals surface area contributed by atoms with E-state index in [1.165, 1.54) is 0 Å². The number of halogens is 3. The molecule has 0 saturated carbocycles. The average molecular weight is 330 g/mol. The van der Waals surface area contributed by atoms with E-state index < -0.39 is 23.9 Å². The molecule has 0 bridgehead atoms. The van der Waals surface area contributed by atoms with Gasteiger partial charge >= 0.3 is 6.18 Å². The number of benzene rings is 1. The summed E-state index contributed by atoms with van der Waals surface area (Å²) in [6, 6.07) is 6.82. The van der Waals surface area contributed by atoms with Crippen LogP contribution in [-0.4, -0.2) is 23.6 Å². The quantitative estimate of drug-likeness (QED) is 0.920. The molecular weight excluding hydrogens is 321 g/mol. The molecule has 5 nitrogen and oxygen atoms in total. The van der Waals surface area contributed by atoms with Crippen molar-refractivity contribution < 1.29 is 27.4 Å². The number of carbonyl (C=O) groups excluding carboxylic acids is 1. The Bertz CT molecular complexity index is 702. The van der Waals surface area contributed by atoms with Crippen LogP contribution in [0.3, 0.4) is 0 Å². The summed E-state index contributed by atoms with van der Waals surface area (Å²) < 4.78 is 48.2. The van der Waals surface area contributed by atoms with E-state index in [4.69, 9.17) is 9.47 Å². The van der Waals surface area contributed by atoms with Crippen LogP contribution in [-0.2, 0) is 11.0 Å². The molecule has 1 amide bonds. The number of aromatic nitrogens is 1. The Labute approximate surface area is 126 Å².